The molecule has 0 saturated heterocycles. The first-order chi connectivity index (χ1) is 25.7. The van der Waals surface area contributed by atoms with Crippen molar-refractivity contribution in [2.75, 3.05) is 13.1 Å². The van der Waals surface area contributed by atoms with Crippen molar-refractivity contribution in [3.8, 4) is 0 Å². The highest BCUT2D eigenvalue weighted by molar-refractivity contribution is 5.80. The molecular formula is C38H49N9O7. The van der Waals surface area contributed by atoms with Crippen LogP contribution in [0.3, 0.4) is 0 Å². The number of carbonyl (C=O) groups excluding carboxylic acids is 3. The number of carboxylic acid groups (broad SMARTS) is 1. The van der Waals surface area contributed by atoms with Gasteiger partial charge in [0.2, 0.25) is 5.91 Å². The van der Waals surface area contributed by atoms with Crippen LogP contribution in [-0.2, 0) is 58.5 Å². The van der Waals surface area contributed by atoms with E-state index in [4.69, 9.17) is 31.8 Å². The molecule has 54 heavy (non-hydrogen) atoms. The van der Waals surface area contributed by atoms with Crippen molar-refractivity contribution in [3.63, 3.8) is 0 Å². The number of fused-ring (bicyclic) bond motifs is 2. The summed E-state index contributed by atoms with van der Waals surface area (Å²) in [7, 11) is 0. The summed E-state index contributed by atoms with van der Waals surface area (Å²) < 4.78 is 14.5. The van der Waals surface area contributed by atoms with E-state index >= 15 is 0 Å². The van der Waals surface area contributed by atoms with Crippen molar-refractivity contribution < 1.29 is 33.8 Å². The van der Waals surface area contributed by atoms with E-state index in [-0.39, 0.29) is 19.3 Å². The molecule has 288 valence electrons. The SMILES string of the molecule is Cc1cc(C)cc(COC(=O)N2CCCn3nc(C(N)C(=O)O)cc3C2)c1.Cc1cc(C)cc(COC(=O)N2CCCn3nc(C(N)C(N)=O)cc3C2)c1. The monoisotopic (exact) mass is 743 g/mol. The van der Waals surface area contributed by atoms with Crippen LogP contribution < -0.4 is 17.2 Å². The van der Waals surface area contributed by atoms with Gasteiger partial charge in [-0.3, -0.25) is 19.0 Å². The Kier molecular flexibility index (Phi) is 12.7. The second-order valence-corrected chi connectivity index (χ2v) is 13.9. The molecule has 2 atom stereocenters. The number of benzene rings is 2. The summed E-state index contributed by atoms with van der Waals surface area (Å²) in [5.74, 6) is -1.76. The molecule has 16 heteroatoms. The van der Waals surface area contributed by atoms with Crippen LogP contribution >= 0.6 is 0 Å². The summed E-state index contributed by atoms with van der Waals surface area (Å²) in [4.78, 5) is 50.6. The normalized spacial score (nSPS) is 15.0. The molecule has 0 aliphatic carbocycles. The average molecular weight is 744 g/mol. The maximum atomic E-state index is 12.5. The van der Waals surface area contributed by atoms with Gasteiger partial charge in [-0.05, 0) is 63.8 Å². The Balaban J connectivity index is 0.000000208. The molecule has 3 amide bonds. The largest absolute Gasteiger partial charge is 0.480 e. The van der Waals surface area contributed by atoms with Crippen LogP contribution in [0.2, 0.25) is 0 Å². The summed E-state index contributed by atoms with van der Waals surface area (Å²) in [5, 5.41) is 17.7. The smallest absolute Gasteiger partial charge is 0.410 e. The predicted molar refractivity (Wildman–Crippen MR) is 197 cm³/mol. The van der Waals surface area contributed by atoms with E-state index in [1.165, 1.54) is 0 Å². The lowest BCUT2D eigenvalue weighted by atomic mass is 10.1. The number of aliphatic carboxylic acids is 1. The molecule has 2 aromatic carbocycles. The van der Waals surface area contributed by atoms with Gasteiger partial charge in [0.1, 0.15) is 25.3 Å². The number of carboxylic acids is 1. The van der Waals surface area contributed by atoms with Gasteiger partial charge in [-0.15, -0.1) is 0 Å². The van der Waals surface area contributed by atoms with E-state index in [0.29, 0.717) is 57.1 Å². The topological polar surface area (TPSA) is 227 Å². The number of primary amides is 1. The molecule has 2 aliphatic heterocycles. The minimum atomic E-state index is -1.17. The maximum Gasteiger partial charge on any atom is 0.410 e. The van der Waals surface area contributed by atoms with Gasteiger partial charge in [0.25, 0.3) is 0 Å². The van der Waals surface area contributed by atoms with E-state index in [9.17, 15) is 19.2 Å². The summed E-state index contributed by atoms with van der Waals surface area (Å²) in [5.41, 5.74) is 25.4. The zero-order chi connectivity index (χ0) is 39.1. The van der Waals surface area contributed by atoms with Crippen molar-refractivity contribution in [2.45, 2.75) is 92.0 Å². The number of aromatic nitrogens is 4. The summed E-state index contributed by atoms with van der Waals surface area (Å²) in [6.45, 7) is 11.5. The molecule has 16 nitrogen and oxygen atoms in total. The zero-order valence-corrected chi connectivity index (χ0v) is 31.2. The highest BCUT2D eigenvalue weighted by Gasteiger charge is 2.26. The first kappa shape index (κ1) is 39.5. The number of ether oxygens (including phenoxy) is 2. The lowest BCUT2D eigenvalue weighted by Crippen LogP contribution is -2.31. The minimum Gasteiger partial charge on any atom is -0.480 e. The number of nitrogens with zero attached hydrogens (tertiary/aromatic N) is 6. The van der Waals surface area contributed by atoms with Gasteiger partial charge >= 0.3 is 18.2 Å². The van der Waals surface area contributed by atoms with E-state index in [1.54, 1.807) is 31.3 Å². The number of aryl methyl sites for hydroxylation is 6. The third-order valence-electron chi connectivity index (χ3n) is 9.08. The summed E-state index contributed by atoms with van der Waals surface area (Å²) in [6.07, 6.45) is 0.672. The Hall–Kier alpha value is -5.74. The molecule has 0 saturated carbocycles. The fourth-order valence-electron chi connectivity index (χ4n) is 6.63. The number of amides is 3. The second kappa shape index (κ2) is 17.4. The first-order valence-corrected chi connectivity index (χ1v) is 17.8. The van der Waals surface area contributed by atoms with Gasteiger partial charge in [-0.25, -0.2) is 9.59 Å². The summed E-state index contributed by atoms with van der Waals surface area (Å²) in [6, 6.07) is 13.4. The van der Waals surface area contributed by atoms with Gasteiger partial charge in [-0.1, -0.05) is 58.7 Å². The number of carbonyl (C=O) groups is 4. The zero-order valence-electron chi connectivity index (χ0n) is 31.2. The fraction of sp³-hybridized carbons (Fsp3) is 0.421. The van der Waals surface area contributed by atoms with Gasteiger partial charge in [-0.2, -0.15) is 10.2 Å². The summed E-state index contributed by atoms with van der Waals surface area (Å²) >= 11 is 0. The molecule has 2 aromatic heterocycles. The van der Waals surface area contributed by atoms with Crippen molar-refractivity contribution >= 4 is 24.1 Å². The fourth-order valence-corrected chi connectivity index (χ4v) is 6.63. The predicted octanol–water partition coefficient (Wildman–Crippen LogP) is 3.65. The van der Waals surface area contributed by atoms with Crippen LogP contribution in [0.1, 0.15) is 81.1 Å². The molecule has 6 rings (SSSR count). The quantitative estimate of drug-likeness (QED) is 0.204. The molecule has 7 N–H and O–H groups in total. The molecule has 4 aromatic rings. The van der Waals surface area contributed by atoms with Crippen LogP contribution in [0.15, 0.2) is 48.5 Å². The molecule has 4 heterocycles. The lowest BCUT2D eigenvalue weighted by molar-refractivity contribution is -0.138. The Morgan fingerprint density at radius 1 is 0.648 bits per heavy atom. The highest BCUT2D eigenvalue weighted by atomic mass is 16.6. The minimum absolute atomic E-state index is 0.215. The Bertz CT molecular complexity index is 1820. The molecule has 2 aliphatic rings. The van der Waals surface area contributed by atoms with E-state index in [1.807, 2.05) is 52.0 Å². The number of rotatable bonds is 8. The highest BCUT2D eigenvalue weighted by Crippen LogP contribution is 2.20. The molecule has 0 fully saturated rings. The van der Waals surface area contributed by atoms with Crippen LogP contribution in [-0.4, -0.2) is 71.6 Å². The number of nitrogens with two attached hydrogens (primary N) is 3. The lowest BCUT2D eigenvalue weighted by Gasteiger charge is -2.19. The number of hydrogen-bond donors (Lipinski definition) is 4. The van der Waals surface area contributed by atoms with Crippen LogP contribution in [0.4, 0.5) is 9.59 Å². The Labute approximate surface area is 313 Å². The number of hydrogen-bond acceptors (Lipinski definition) is 10. The molecule has 0 bridgehead atoms. The third-order valence-corrected chi connectivity index (χ3v) is 9.08. The van der Waals surface area contributed by atoms with Crippen LogP contribution in [0.5, 0.6) is 0 Å². The van der Waals surface area contributed by atoms with E-state index < -0.39 is 30.1 Å². The van der Waals surface area contributed by atoms with Gasteiger partial charge in [0.15, 0.2) is 0 Å². The first-order valence-electron chi connectivity index (χ1n) is 17.8. The van der Waals surface area contributed by atoms with Gasteiger partial charge < -0.3 is 41.6 Å². The van der Waals surface area contributed by atoms with Crippen LogP contribution in [0.25, 0.3) is 0 Å². The van der Waals surface area contributed by atoms with Gasteiger partial charge in [0, 0.05) is 26.2 Å². The van der Waals surface area contributed by atoms with Crippen molar-refractivity contribution in [2.24, 2.45) is 17.2 Å². The second-order valence-electron chi connectivity index (χ2n) is 13.9. The standard InChI is InChI=1S/C19H25N5O3.C19H24N4O4/c1-12-6-13(2)8-14(7-12)11-27-19(26)23-4-3-5-24-15(10-23)9-16(22-24)17(20)18(21)25;1-12-6-13(2)8-14(7-12)11-27-19(26)22-4-3-5-23-15(10-22)9-16(21-23)17(20)18(24)25/h6-9,17H,3-5,10-11,20H2,1-2H3,(H2,21,25);6-9,17H,3-5,10-11,20H2,1-2H3,(H,24,25). The third kappa shape index (κ3) is 10.2. The maximum absolute atomic E-state index is 12.5. The van der Waals surface area contributed by atoms with Gasteiger partial charge in [0.05, 0.1) is 35.9 Å². The van der Waals surface area contributed by atoms with Crippen LogP contribution in [0, 0.1) is 27.7 Å². The average Bonchev–Trinajstić information content (AvgIpc) is 3.57. The molecule has 0 radical (unpaired) electrons. The van der Waals surface area contributed by atoms with Crippen molar-refractivity contribution in [1.29, 1.82) is 0 Å². The van der Waals surface area contributed by atoms with E-state index in [2.05, 4.69) is 22.3 Å². The molecule has 2 unspecified atom stereocenters. The van der Waals surface area contributed by atoms with Crippen molar-refractivity contribution in [1.82, 2.24) is 29.4 Å². The molecule has 0 spiro atoms. The van der Waals surface area contributed by atoms with E-state index in [0.717, 1.165) is 51.2 Å². The Morgan fingerprint density at radius 3 is 1.41 bits per heavy atom. The molecular weight excluding hydrogens is 694 g/mol. The Morgan fingerprint density at radius 2 is 1.04 bits per heavy atom. The van der Waals surface area contributed by atoms with Crippen molar-refractivity contribution in [3.05, 3.63) is 105 Å².